The number of hydrogen-bond donors (Lipinski definition) is 1. The lowest BCUT2D eigenvalue weighted by molar-refractivity contribution is 0.537. The van der Waals surface area contributed by atoms with Crippen molar-refractivity contribution in [1.82, 2.24) is 15.1 Å². The Morgan fingerprint density at radius 2 is 2.54 bits per heavy atom. The number of terminal acetylenes is 1. The molecule has 0 fully saturated rings. The highest BCUT2D eigenvalue weighted by molar-refractivity contribution is 5.00. The van der Waals surface area contributed by atoms with Gasteiger partial charge < -0.3 is 5.32 Å². The molecule has 1 aromatic rings. The SMILES string of the molecule is C#CCC(C)NCc1ccnn1C. The first kappa shape index (κ1) is 9.82. The molecule has 0 aliphatic carbocycles. The van der Waals surface area contributed by atoms with Crippen molar-refractivity contribution in [1.29, 1.82) is 0 Å². The molecule has 0 aliphatic rings. The van der Waals surface area contributed by atoms with Crippen molar-refractivity contribution >= 4 is 0 Å². The molecule has 0 amide bonds. The Labute approximate surface area is 79.1 Å². The van der Waals surface area contributed by atoms with E-state index in [9.17, 15) is 0 Å². The molecule has 0 aliphatic heterocycles. The number of aromatic nitrogens is 2. The number of hydrogen-bond acceptors (Lipinski definition) is 2. The average Bonchev–Trinajstić information content (AvgIpc) is 2.48. The van der Waals surface area contributed by atoms with Gasteiger partial charge in [-0.1, -0.05) is 0 Å². The summed E-state index contributed by atoms with van der Waals surface area (Å²) in [6, 6.07) is 2.36. The first-order valence-corrected chi connectivity index (χ1v) is 4.37. The highest BCUT2D eigenvalue weighted by Gasteiger charge is 2.01. The molecule has 1 heterocycles. The summed E-state index contributed by atoms with van der Waals surface area (Å²) in [5.41, 5.74) is 1.17. The average molecular weight is 177 g/mol. The Hall–Kier alpha value is -1.27. The van der Waals surface area contributed by atoms with Crippen LogP contribution < -0.4 is 5.32 Å². The van der Waals surface area contributed by atoms with Crippen molar-refractivity contribution in [3.8, 4) is 12.3 Å². The number of aryl methyl sites for hydroxylation is 1. The van der Waals surface area contributed by atoms with Gasteiger partial charge in [0.25, 0.3) is 0 Å². The normalized spacial score (nSPS) is 12.4. The van der Waals surface area contributed by atoms with Crippen LogP contribution in [0.5, 0.6) is 0 Å². The topological polar surface area (TPSA) is 29.9 Å². The van der Waals surface area contributed by atoms with Crippen LogP contribution in [0.25, 0.3) is 0 Å². The summed E-state index contributed by atoms with van der Waals surface area (Å²) in [7, 11) is 1.93. The Bertz CT molecular complexity index is 295. The number of nitrogens with one attached hydrogen (secondary N) is 1. The van der Waals surface area contributed by atoms with Gasteiger partial charge in [0.15, 0.2) is 0 Å². The molecular formula is C10H15N3. The van der Waals surface area contributed by atoms with Crippen molar-refractivity contribution in [3.05, 3.63) is 18.0 Å². The first-order valence-electron chi connectivity index (χ1n) is 4.37. The third-order valence-electron chi connectivity index (χ3n) is 1.98. The van der Waals surface area contributed by atoms with Crippen LogP contribution in [0.3, 0.4) is 0 Å². The maximum atomic E-state index is 5.20. The Morgan fingerprint density at radius 3 is 3.08 bits per heavy atom. The second-order valence-electron chi connectivity index (χ2n) is 3.14. The van der Waals surface area contributed by atoms with Crippen molar-refractivity contribution in [3.63, 3.8) is 0 Å². The maximum absolute atomic E-state index is 5.20. The zero-order valence-corrected chi connectivity index (χ0v) is 8.12. The molecule has 0 saturated heterocycles. The lowest BCUT2D eigenvalue weighted by Crippen LogP contribution is -2.25. The molecule has 0 saturated carbocycles. The fraction of sp³-hybridized carbons (Fsp3) is 0.500. The summed E-state index contributed by atoms with van der Waals surface area (Å²) in [4.78, 5) is 0. The standard InChI is InChI=1S/C10H15N3/c1-4-5-9(2)11-8-10-6-7-12-13(10)3/h1,6-7,9,11H,5,8H2,2-3H3. The molecule has 13 heavy (non-hydrogen) atoms. The third kappa shape index (κ3) is 2.92. The molecule has 1 N–H and O–H groups in total. The van der Waals surface area contributed by atoms with Gasteiger partial charge in [-0.2, -0.15) is 5.10 Å². The second-order valence-corrected chi connectivity index (χ2v) is 3.14. The van der Waals surface area contributed by atoms with E-state index < -0.39 is 0 Å². The van der Waals surface area contributed by atoms with E-state index >= 15 is 0 Å². The van der Waals surface area contributed by atoms with Crippen LogP contribution in [0.15, 0.2) is 12.3 Å². The van der Waals surface area contributed by atoms with Crippen molar-refractivity contribution < 1.29 is 0 Å². The summed E-state index contributed by atoms with van der Waals surface area (Å²) >= 11 is 0. The van der Waals surface area contributed by atoms with Gasteiger partial charge in [0.05, 0.1) is 5.69 Å². The van der Waals surface area contributed by atoms with Crippen LogP contribution in [0.2, 0.25) is 0 Å². The van der Waals surface area contributed by atoms with E-state index in [0.717, 1.165) is 13.0 Å². The zero-order valence-electron chi connectivity index (χ0n) is 8.12. The Morgan fingerprint density at radius 1 is 1.77 bits per heavy atom. The lowest BCUT2D eigenvalue weighted by atomic mass is 10.2. The van der Waals surface area contributed by atoms with Crippen LogP contribution in [-0.4, -0.2) is 15.8 Å². The van der Waals surface area contributed by atoms with Crippen LogP contribution in [0.1, 0.15) is 19.0 Å². The minimum Gasteiger partial charge on any atom is -0.308 e. The van der Waals surface area contributed by atoms with Gasteiger partial charge in [-0.15, -0.1) is 12.3 Å². The van der Waals surface area contributed by atoms with Crippen molar-refractivity contribution in [2.45, 2.75) is 25.9 Å². The van der Waals surface area contributed by atoms with Crippen molar-refractivity contribution in [2.24, 2.45) is 7.05 Å². The van der Waals surface area contributed by atoms with E-state index in [1.54, 1.807) is 6.20 Å². The highest BCUT2D eigenvalue weighted by atomic mass is 15.3. The third-order valence-corrected chi connectivity index (χ3v) is 1.98. The van der Waals surface area contributed by atoms with E-state index in [-0.39, 0.29) is 0 Å². The molecule has 0 aromatic carbocycles. The molecule has 70 valence electrons. The van der Waals surface area contributed by atoms with E-state index in [1.165, 1.54) is 5.69 Å². The lowest BCUT2D eigenvalue weighted by Gasteiger charge is -2.10. The molecule has 3 nitrogen and oxygen atoms in total. The molecule has 0 radical (unpaired) electrons. The quantitative estimate of drug-likeness (QED) is 0.693. The largest absolute Gasteiger partial charge is 0.308 e. The second kappa shape index (κ2) is 4.68. The molecule has 0 spiro atoms. The fourth-order valence-corrected chi connectivity index (χ4v) is 1.10. The maximum Gasteiger partial charge on any atom is 0.0518 e. The predicted molar refractivity (Wildman–Crippen MR) is 53.0 cm³/mol. The van der Waals surface area contributed by atoms with E-state index in [2.05, 4.69) is 23.3 Å². The van der Waals surface area contributed by atoms with Crippen LogP contribution in [0, 0.1) is 12.3 Å². The van der Waals surface area contributed by atoms with Crippen molar-refractivity contribution in [2.75, 3.05) is 0 Å². The predicted octanol–water partition coefficient (Wildman–Crippen LogP) is 0.921. The van der Waals surface area contributed by atoms with Gasteiger partial charge in [-0.3, -0.25) is 4.68 Å². The van der Waals surface area contributed by atoms with Crippen LogP contribution in [-0.2, 0) is 13.6 Å². The zero-order chi connectivity index (χ0) is 9.68. The molecule has 0 bridgehead atoms. The molecule has 1 aromatic heterocycles. The summed E-state index contributed by atoms with van der Waals surface area (Å²) in [6.45, 7) is 2.90. The molecule has 3 heteroatoms. The van der Waals surface area contributed by atoms with Gasteiger partial charge in [0.1, 0.15) is 0 Å². The van der Waals surface area contributed by atoms with Gasteiger partial charge >= 0.3 is 0 Å². The fourth-order valence-electron chi connectivity index (χ4n) is 1.10. The molecule has 1 unspecified atom stereocenters. The minimum atomic E-state index is 0.361. The number of rotatable bonds is 4. The monoisotopic (exact) mass is 177 g/mol. The summed E-state index contributed by atoms with van der Waals surface area (Å²) < 4.78 is 1.86. The summed E-state index contributed by atoms with van der Waals surface area (Å²) in [5.74, 6) is 2.63. The minimum absolute atomic E-state index is 0.361. The summed E-state index contributed by atoms with van der Waals surface area (Å²) in [6.07, 6.45) is 7.76. The van der Waals surface area contributed by atoms with Gasteiger partial charge in [0.2, 0.25) is 0 Å². The molecular weight excluding hydrogens is 162 g/mol. The highest BCUT2D eigenvalue weighted by Crippen LogP contribution is 1.97. The van der Waals surface area contributed by atoms with Crippen LogP contribution in [0.4, 0.5) is 0 Å². The number of nitrogens with zero attached hydrogens (tertiary/aromatic N) is 2. The van der Waals surface area contributed by atoms with Gasteiger partial charge in [-0.05, 0) is 13.0 Å². The van der Waals surface area contributed by atoms with Crippen LogP contribution >= 0.6 is 0 Å². The van der Waals surface area contributed by atoms with E-state index in [0.29, 0.717) is 6.04 Å². The summed E-state index contributed by atoms with van der Waals surface area (Å²) in [5, 5.41) is 7.40. The Kier molecular flexibility index (Phi) is 3.53. The van der Waals surface area contributed by atoms with Gasteiger partial charge in [-0.25, -0.2) is 0 Å². The first-order chi connectivity index (χ1) is 6.24. The smallest absolute Gasteiger partial charge is 0.0518 e. The molecule has 1 rings (SSSR count). The van der Waals surface area contributed by atoms with E-state index in [4.69, 9.17) is 6.42 Å². The molecule has 1 atom stereocenters. The Balaban J connectivity index is 2.36. The van der Waals surface area contributed by atoms with Gasteiger partial charge in [0, 0.05) is 32.3 Å². The van der Waals surface area contributed by atoms with E-state index in [1.807, 2.05) is 17.8 Å².